The van der Waals surface area contributed by atoms with E-state index in [1.165, 1.54) is 11.8 Å². The van der Waals surface area contributed by atoms with Crippen LogP contribution in [-0.4, -0.2) is 40.1 Å². The Bertz CT molecular complexity index is 576. The van der Waals surface area contributed by atoms with Crippen LogP contribution in [0.4, 0.5) is 0 Å². The van der Waals surface area contributed by atoms with Gasteiger partial charge in [0.25, 0.3) is 5.91 Å². The van der Waals surface area contributed by atoms with Gasteiger partial charge in [0.15, 0.2) is 5.76 Å². The van der Waals surface area contributed by atoms with E-state index in [4.69, 9.17) is 4.52 Å². The molecule has 2 aromatic heterocycles. The number of amides is 1. The second kappa shape index (κ2) is 5.19. The molecule has 0 aromatic carbocycles. The summed E-state index contributed by atoms with van der Waals surface area (Å²) in [7, 11) is 3.27. The molecule has 1 unspecified atom stereocenters. The second-order valence-electron chi connectivity index (χ2n) is 4.39. The van der Waals surface area contributed by atoms with Gasteiger partial charge in [-0.15, -0.1) is 0 Å². The second-order valence-corrected chi connectivity index (χ2v) is 4.39. The summed E-state index contributed by atoms with van der Waals surface area (Å²) in [5.41, 5.74) is 1.33. The van der Waals surface area contributed by atoms with Crippen molar-refractivity contribution in [3.8, 4) is 11.3 Å². The molecule has 100 valence electrons. The van der Waals surface area contributed by atoms with Crippen molar-refractivity contribution >= 4 is 5.91 Å². The molecular formula is C13H15N3O3. The Hall–Kier alpha value is -2.21. The third kappa shape index (κ3) is 2.48. The molecule has 6 nitrogen and oxygen atoms in total. The van der Waals surface area contributed by atoms with E-state index in [0.717, 1.165) is 0 Å². The molecule has 0 fully saturated rings. The fourth-order valence-electron chi connectivity index (χ4n) is 1.72. The molecule has 2 aromatic rings. The summed E-state index contributed by atoms with van der Waals surface area (Å²) in [5, 5.41) is 13.6. The number of aromatic nitrogens is 2. The van der Waals surface area contributed by atoms with Crippen LogP contribution in [0, 0.1) is 0 Å². The quantitative estimate of drug-likeness (QED) is 0.905. The SMILES string of the molecule is CC(O)c1onc(-c2cccnc2)c1C(=O)N(C)C. The molecule has 6 heteroatoms. The van der Waals surface area contributed by atoms with E-state index >= 15 is 0 Å². The van der Waals surface area contributed by atoms with Crippen LogP contribution in [-0.2, 0) is 0 Å². The standard InChI is InChI=1S/C13H15N3O3/c1-8(17)12-10(13(18)16(2)3)11(15-19-12)9-5-4-6-14-7-9/h4-8,17H,1-3H3. The zero-order valence-electron chi connectivity index (χ0n) is 11.0. The molecule has 0 aliphatic carbocycles. The highest BCUT2D eigenvalue weighted by molar-refractivity contribution is 6.00. The summed E-state index contributed by atoms with van der Waals surface area (Å²) in [6, 6.07) is 3.53. The van der Waals surface area contributed by atoms with Crippen molar-refractivity contribution in [2.24, 2.45) is 0 Å². The van der Waals surface area contributed by atoms with Gasteiger partial charge in [-0.2, -0.15) is 0 Å². The third-order valence-electron chi connectivity index (χ3n) is 2.65. The van der Waals surface area contributed by atoms with E-state index in [9.17, 15) is 9.90 Å². The lowest BCUT2D eigenvalue weighted by atomic mass is 10.0. The van der Waals surface area contributed by atoms with Gasteiger partial charge >= 0.3 is 0 Å². The smallest absolute Gasteiger partial charge is 0.259 e. The highest BCUT2D eigenvalue weighted by Gasteiger charge is 2.27. The average Bonchev–Trinajstić information content (AvgIpc) is 2.83. The molecule has 2 heterocycles. The maximum atomic E-state index is 12.2. The first kappa shape index (κ1) is 13.2. The fraction of sp³-hybridized carbons (Fsp3) is 0.308. The zero-order chi connectivity index (χ0) is 14.0. The molecule has 0 spiro atoms. The summed E-state index contributed by atoms with van der Waals surface area (Å²) >= 11 is 0. The number of carbonyl (C=O) groups is 1. The van der Waals surface area contributed by atoms with Gasteiger partial charge in [0.1, 0.15) is 17.4 Å². The number of hydrogen-bond acceptors (Lipinski definition) is 5. The Morgan fingerprint density at radius 1 is 1.47 bits per heavy atom. The Morgan fingerprint density at radius 2 is 2.21 bits per heavy atom. The van der Waals surface area contributed by atoms with Gasteiger partial charge in [-0.3, -0.25) is 9.78 Å². The highest BCUT2D eigenvalue weighted by atomic mass is 16.5. The van der Waals surface area contributed by atoms with E-state index in [1.54, 1.807) is 38.6 Å². The summed E-state index contributed by atoms with van der Waals surface area (Å²) in [4.78, 5) is 17.6. The lowest BCUT2D eigenvalue weighted by Crippen LogP contribution is -2.23. The highest BCUT2D eigenvalue weighted by Crippen LogP contribution is 2.29. The molecule has 0 saturated heterocycles. The van der Waals surface area contributed by atoms with Crippen molar-refractivity contribution in [2.45, 2.75) is 13.0 Å². The Labute approximate surface area is 110 Å². The molecule has 1 amide bonds. The number of nitrogens with zero attached hydrogens (tertiary/aromatic N) is 3. The van der Waals surface area contributed by atoms with Crippen molar-refractivity contribution in [3.05, 3.63) is 35.9 Å². The predicted molar refractivity (Wildman–Crippen MR) is 68.4 cm³/mol. The largest absolute Gasteiger partial charge is 0.385 e. The van der Waals surface area contributed by atoms with Gasteiger partial charge in [0, 0.05) is 32.1 Å². The minimum atomic E-state index is -0.906. The van der Waals surface area contributed by atoms with Crippen LogP contribution >= 0.6 is 0 Å². The predicted octanol–water partition coefficient (Wildman–Crippen LogP) is 1.49. The molecule has 1 N–H and O–H groups in total. The molecule has 19 heavy (non-hydrogen) atoms. The van der Waals surface area contributed by atoms with E-state index < -0.39 is 6.10 Å². The molecule has 0 aliphatic rings. The van der Waals surface area contributed by atoms with E-state index in [0.29, 0.717) is 11.3 Å². The Morgan fingerprint density at radius 3 is 2.74 bits per heavy atom. The first-order chi connectivity index (χ1) is 9.02. The van der Waals surface area contributed by atoms with Crippen LogP contribution < -0.4 is 0 Å². The summed E-state index contributed by atoms with van der Waals surface area (Å²) in [6.07, 6.45) is 2.32. The molecule has 0 bridgehead atoms. The first-order valence-electron chi connectivity index (χ1n) is 5.82. The topological polar surface area (TPSA) is 79.5 Å². The van der Waals surface area contributed by atoms with Crippen LogP contribution in [0.2, 0.25) is 0 Å². The molecular weight excluding hydrogens is 246 g/mol. The van der Waals surface area contributed by atoms with Crippen LogP contribution in [0.5, 0.6) is 0 Å². The van der Waals surface area contributed by atoms with Gasteiger partial charge in [-0.05, 0) is 19.1 Å². The lowest BCUT2D eigenvalue weighted by Gasteiger charge is -2.11. The molecule has 0 aliphatic heterocycles. The minimum Gasteiger partial charge on any atom is -0.385 e. The average molecular weight is 261 g/mol. The molecule has 0 radical (unpaired) electrons. The Balaban J connectivity index is 2.60. The van der Waals surface area contributed by atoms with Gasteiger partial charge < -0.3 is 14.5 Å². The van der Waals surface area contributed by atoms with Crippen molar-refractivity contribution in [2.75, 3.05) is 14.1 Å². The monoisotopic (exact) mass is 261 g/mol. The van der Waals surface area contributed by atoms with Crippen LogP contribution in [0.1, 0.15) is 29.1 Å². The lowest BCUT2D eigenvalue weighted by molar-refractivity contribution is 0.0815. The van der Waals surface area contributed by atoms with E-state index in [2.05, 4.69) is 10.1 Å². The maximum Gasteiger partial charge on any atom is 0.259 e. The van der Waals surface area contributed by atoms with Crippen molar-refractivity contribution in [1.82, 2.24) is 15.0 Å². The van der Waals surface area contributed by atoms with Crippen molar-refractivity contribution in [1.29, 1.82) is 0 Å². The number of pyridine rings is 1. The Kier molecular flexibility index (Phi) is 3.62. The summed E-state index contributed by atoms with van der Waals surface area (Å²) < 4.78 is 5.11. The fourth-order valence-corrected chi connectivity index (χ4v) is 1.72. The van der Waals surface area contributed by atoms with E-state index in [-0.39, 0.29) is 17.2 Å². The van der Waals surface area contributed by atoms with Crippen molar-refractivity contribution in [3.63, 3.8) is 0 Å². The summed E-state index contributed by atoms with van der Waals surface area (Å²) in [6.45, 7) is 1.53. The number of aliphatic hydroxyl groups is 1. The molecule has 2 rings (SSSR count). The molecule has 0 saturated carbocycles. The minimum absolute atomic E-state index is 0.164. The first-order valence-corrected chi connectivity index (χ1v) is 5.82. The number of hydrogen-bond donors (Lipinski definition) is 1. The van der Waals surface area contributed by atoms with Crippen LogP contribution in [0.3, 0.4) is 0 Å². The van der Waals surface area contributed by atoms with E-state index in [1.807, 2.05) is 0 Å². The number of aliphatic hydroxyl groups excluding tert-OH is 1. The van der Waals surface area contributed by atoms with Gasteiger partial charge in [-0.1, -0.05) is 5.16 Å². The van der Waals surface area contributed by atoms with Crippen LogP contribution in [0.15, 0.2) is 29.0 Å². The zero-order valence-corrected chi connectivity index (χ0v) is 11.0. The number of carbonyl (C=O) groups excluding carboxylic acids is 1. The van der Waals surface area contributed by atoms with Gasteiger partial charge in [-0.25, -0.2) is 0 Å². The van der Waals surface area contributed by atoms with Gasteiger partial charge in [0.2, 0.25) is 0 Å². The van der Waals surface area contributed by atoms with Crippen molar-refractivity contribution < 1.29 is 14.4 Å². The normalized spacial score (nSPS) is 12.2. The third-order valence-corrected chi connectivity index (χ3v) is 2.65. The van der Waals surface area contributed by atoms with Gasteiger partial charge in [0.05, 0.1) is 0 Å². The molecule has 1 atom stereocenters. The summed E-state index contributed by atoms with van der Waals surface area (Å²) in [5.74, 6) is -0.103. The maximum absolute atomic E-state index is 12.2. The van der Waals surface area contributed by atoms with Crippen LogP contribution in [0.25, 0.3) is 11.3 Å². The number of rotatable bonds is 3.